The highest BCUT2D eigenvalue weighted by Gasteiger charge is 2.47. The van der Waals surface area contributed by atoms with Crippen LogP contribution in [-0.2, 0) is 9.59 Å². The Hall–Kier alpha value is -3.44. The molecule has 10 heteroatoms. The number of hydrazine groups is 1. The molecule has 0 aromatic heterocycles. The van der Waals surface area contributed by atoms with Crippen LogP contribution in [0.1, 0.15) is 63.6 Å². The fourth-order valence-corrected chi connectivity index (χ4v) is 6.65. The number of nitrogens with zero attached hydrogens (tertiary/aromatic N) is 3. The Morgan fingerprint density at radius 3 is 2.16 bits per heavy atom. The summed E-state index contributed by atoms with van der Waals surface area (Å²) >= 11 is 0. The van der Waals surface area contributed by atoms with Gasteiger partial charge in [-0.2, -0.15) is 0 Å². The van der Waals surface area contributed by atoms with E-state index >= 15 is 0 Å². The first kappa shape index (κ1) is 32.0. The number of rotatable bonds is 11. The maximum atomic E-state index is 13.9. The fourth-order valence-electron chi connectivity index (χ4n) is 6.65. The van der Waals surface area contributed by atoms with E-state index in [1.165, 1.54) is 9.91 Å². The number of carbonyl (C=O) groups excluding carboxylic acids is 2. The van der Waals surface area contributed by atoms with Crippen molar-refractivity contribution in [2.75, 3.05) is 26.2 Å². The van der Waals surface area contributed by atoms with Crippen molar-refractivity contribution in [3.63, 3.8) is 0 Å². The maximum Gasteiger partial charge on any atom is 0.248 e. The van der Waals surface area contributed by atoms with Gasteiger partial charge < -0.3 is 31.2 Å². The van der Waals surface area contributed by atoms with Gasteiger partial charge >= 0.3 is 0 Å². The average molecular weight is 605 g/mol. The SMILES string of the molecule is CC(C)(C)C(C(=O)N1CC(O)CC1C(=O)NCCC1(O)CN(C(c2ccccc2)c2ccccc2)C1)N(N)/C=C(\N)C1CC1. The lowest BCUT2D eigenvalue weighted by Crippen LogP contribution is -2.63. The van der Waals surface area contributed by atoms with Crippen molar-refractivity contribution in [1.82, 2.24) is 20.1 Å². The third-order valence-electron chi connectivity index (χ3n) is 9.04. The number of likely N-dealkylation sites (tertiary alicyclic amines) is 2. The first-order valence-electron chi connectivity index (χ1n) is 15.7. The molecule has 2 aromatic rings. The lowest BCUT2D eigenvalue weighted by atomic mass is 9.85. The zero-order chi connectivity index (χ0) is 31.6. The monoisotopic (exact) mass is 604 g/mol. The van der Waals surface area contributed by atoms with E-state index in [4.69, 9.17) is 11.6 Å². The summed E-state index contributed by atoms with van der Waals surface area (Å²) in [7, 11) is 0. The van der Waals surface area contributed by atoms with Crippen molar-refractivity contribution in [3.8, 4) is 0 Å². The van der Waals surface area contributed by atoms with Crippen molar-refractivity contribution in [3.05, 3.63) is 83.7 Å². The summed E-state index contributed by atoms with van der Waals surface area (Å²) in [5.74, 6) is 6.02. The van der Waals surface area contributed by atoms with E-state index in [1.807, 2.05) is 57.2 Å². The topological polar surface area (TPSA) is 148 Å². The molecular weight excluding hydrogens is 556 g/mol. The average Bonchev–Trinajstić information content (AvgIpc) is 3.74. The predicted molar refractivity (Wildman–Crippen MR) is 169 cm³/mol. The molecule has 0 spiro atoms. The molecule has 2 aromatic carbocycles. The number of benzene rings is 2. The van der Waals surface area contributed by atoms with Crippen molar-refractivity contribution < 1.29 is 19.8 Å². The molecule has 3 atom stereocenters. The Kier molecular flexibility index (Phi) is 9.36. The molecule has 238 valence electrons. The molecule has 10 nitrogen and oxygen atoms in total. The van der Waals surface area contributed by atoms with Crippen LogP contribution in [0.25, 0.3) is 0 Å². The van der Waals surface area contributed by atoms with Crippen LogP contribution in [0.5, 0.6) is 0 Å². The van der Waals surface area contributed by atoms with E-state index in [0.717, 1.165) is 24.0 Å². The number of aliphatic hydroxyl groups excluding tert-OH is 1. The molecule has 0 bridgehead atoms. The third-order valence-corrected chi connectivity index (χ3v) is 9.04. The van der Waals surface area contributed by atoms with Crippen LogP contribution in [0.3, 0.4) is 0 Å². The summed E-state index contributed by atoms with van der Waals surface area (Å²) in [5, 5.41) is 26.1. The van der Waals surface area contributed by atoms with Crippen LogP contribution in [0, 0.1) is 11.3 Å². The Labute approximate surface area is 260 Å². The van der Waals surface area contributed by atoms with E-state index in [-0.39, 0.29) is 37.4 Å². The molecule has 3 aliphatic rings. The second-order valence-electron chi connectivity index (χ2n) is 13.9. The summed E-state index contributed by atoms with van der Waals surface area (Å²) < 4.78 is 0. The van der Waals surface area contributed by atoms with Crippen LogP contribution < -0.4 is 16.9 Å². The number of nitrogens with two attached hydrogens (primary N) is 2. The highest BCUT2D eigenvalue weighted by atomic mass is 16.3. The van der Waals surface area contributed by atoms with Crippen molar-refractivity contribution >= 4 is 11.8 Å². The lowest BCUT2D eigenvalue weighted by Gasteiger charge is -2.50. The van der Waals surface area contributed by atoms with Crippen molar-refractivity contribution in [2.24, 2.45) is 22.9 Å². The minimum atomic E-state index is -0.939. The van der Waals surface area contributed by atoms with Crippen LogP contribution in [0.15, 0.2) is 72.6 Å². The van der Waals surface area contributed by atoms with Crippen LogP contribution in [0.2, 0.25) is 0 Å². The molecule has 0 radical (unpaired) electrons. The highest BCUT2D eigenvalue weighted by molar-refractivity contribution is 5.91. The van der Waals surface area contributed by atoms with E-state index < -0.39 is 29.2 Å². The lowest BCUT2D eigenvalue weighted by molar-refractivity contribution is -0.145. The Morgan fingerprint density at radius 2 is 1.64 bits per heavy atom. The molecule has 2 amide bonds. The maximum absolute atomic E-state index is 13.9. The van der Waals surface area contributed by atoms with Gasteiger partial charge in [-0.3, -0.25) is 14.5 Å². The highest BCUT2D eigenvalue weighted by Crippen LogP contribution is 2.37. The number of nitrogens with one attached hydrogen (secondary N) is 1. The Bertz CT molecular complexity index is 1280. The molecule has 2 aliphatic heterocycles. The van der Waals surface area contributed by atoms with Crippen molar-refractivity contribution in [2.45, 2.75) is 76.3 Å². The normalized spacial score (nSPS) is 22.9. The van der Waals surface area contributed by atoms with Crippen LogP contribution >= 0.6 is 0 Å². The van der Waals surface area contributed by atoms with E-state index in [9.17, 15) is 19.8 Å². The molecule has 3 unspecified atom stereocenters. The standard InChI is InChI=1S/C34H48N6O4/c1-33(2,3)30(40(36)20-27(35)23-14-15-23)32(43)39-19-26(41)18-28(39)31(42)37-17-16-34(44)21-38(22-34)29(24-10-6-4-7-11-24)25-12-8-5-9-13-25/h4-13,20,23,26,28-30,41,44H,14-19,21-22,35-36H2,1-3H3,(H,37,42)/b27-20-. The number of allylic oxidation sites excluding steroid dienone is 1. The van der Waals surface area contributed by atoms with Gasteiger partial charge in [0.05, 0.1) is 17.7 Å². The largest absolute Gasteiger partial charge is 0.401 e. The van der Waals surface area contributed by atoms with Gasteiger partial charge in [-0.15, -0.1) is 0 Å². The van der Waals surface area contributed by atoms with Gasteiger partial charge in [0.1, 0.15) is 12.1 Å². The zero-order valence-electron chi connectivity index (χ0n) is 26.1. The second-order valence-corrected chi connectivity index (χ2v) is 13.9. The zero-order valence-corrected chi connectivity index (χ0v) is 26.1. The Balaban J connectivity index is 1.19. The summed E-state index contributed by atoms with van der Waals surface area (Å²) in [5.41, 5.74) is 7.66. The molecule has 1 aliphatic carbocycles. The summed E-state index contributed by atoms with van der Waals surface area (Å²) in [6, 6.07) is 18.9. The molecule has 2 saturated heterocycles. The van der Waals surface area contributed by atoms with Crippen LogP contribution in [0.4, 0.5) is 0 Å². The van der Waals surface area contributed by atoms with E-state index in [2.05, 4.69) is 34.5 Å². The summed E-state index contributed by atoms with van der Waals surface area (Å²) in [6.07, 6.45) is 3.37. The minimum absolute atomic E-state index is 0.0270. The molecule has 3 fully saturated rings. The molecule has 7 N–H and O–H groups in total. The first-order chi connectivity index (χ1) is 20.9. The van der Waals surface area contributed by atoms with Gasteiger partial charge in [0.2, 0.25) is 11.8 Å². The second kappa shape index (κ2) is 12.9. The summed E-state index contributed by atoms with van der Waals surface area (Å²) in [6.45, 7) is 7.01. The number of hydrogen-bond donors (Lipinski definition) is 5. The van der Waals surface area contributed by atoms with Gasteiger partial charge in [-0.05, 0) is 35.8 Å². The number of amides is 2. The van der Waals surface area contributed by atoms with E-state index in [1.54, 1.807) is 6.20 Å². The van der Waals surface area contributed by atoms with Gasteiger partial charge in [-0.25, -0.2) is 5.84 Å². The smallest absolute Gasteiger partial charge is 0.248 e. The van der Waals surface area contributed by atoms with Gasteiger partial charge in [0.15, 0.2) is 0 Å². The van der Waals surface area contributed by atoms with Gasteiger partial charge in [0, 0.05) is 50.4 Å². The fraction of sp³-hybridized carbons (Fsp3) is 0.529. The number of β-amino-alcohol motifs (C(OH)–C–C–N with tert-alkyl or cyclic N) is 2. The van der Waals surface area contributed by atoms with Crippen molar-refractivity contribution in [1.29, 1.82) is 0 Å². The quantitative estimate of drug-likeness (QED) is 0.194. The molecule has 2 heterocycles. The molecular formula is C34H48N6O4. The summed E-state index contributed by atoms with van der Waals surface area (Å²) in [4.78, 5) is 30.9. The molecule has 5 rings (SSSR count). The van der Waals surface area contributed by atoms with Crippen LogP contribution in [-0.4, -0.2) is 86.8 Å². The predicted octanol–water partition coefficient (Wildman–Crippen LogP) is 2.09. The number of carbonyl (C=O) groups is 2. The number of aliphatic hydroxyl groups is 2. The van der Waals surface area contributed by atoms with Gasteiger partial charge in [0.25, 0.3) is 0 Å². The van der Waals surface area contributed by atoms with E-state index in [0.29, 0.717) is 31.1 Å². The first-order valence-corrected chi connectivity index (χ1v) is 15.7. The Morgan fingerprint density at radius 1 is 1.07 bits per heavy atom. The molecule has 1 saturated carbocycles. The third kappa shape index (κ3) is 7.26. The van der Waals surface area contributed by atoms with Gasteiger partial charge in [-0.1, -0.05) is 81.4 Å². The number of hydrogen-bond acceptors (Lipinski definition) is 8. The minimum Gasteiger partial charge on any atom is -0.401 e. The molecule has 44 heavy (non-hydrogen) atoms.